The molecule has 0 saturated carbocycles. The molecular weight excluding hydrogens is 290 g/mol. The van der Waals surface area contributed by atoms with Crippen molar-refractivity contribution in [3.8, 4) is 0 Å². The van der Waals surface area contributed by atoms with Crippen LogP contribution in [0.3, 0.4) is 0 Å². The Morgan fingerprint density at radius 1 is 1.11 bits per heavy atom. The van der Waals surface area contributed by atoms with Gasteiger partial charge in [-0.05, 0) is 31.5 Å². The van der Waals surface area contributed by atoms with Gasteiger partial charge in [-0.1, -0.05) is 28.1 Å². The number of halogens is 1. The first-order chi connectivity index (χ1) is 8.56. The van der Waals surface area contributed by atoms with Gasteiger partial charge in [-0.3, -0.25) is 4.68 Å². The Morgan fingerprint density at radius 3 is 2.28 bits per heavy atom. The summed E-state index contributed by atoms with van der Waals surface area (Å²) in [6.45, 7) is 4.34. The van der Waals surface area contributed by atoms with Gasteiger partial charge in [0, 0.05) is 35.4 Å². The van der Waals surface area contributed by atoms with E-state index in [1.165, 1.54) is 11.1 Å². The van der Waals surface area contributed by atoms with E-state index in [0.29, 0.717) is 6.04 Å². The number of aromatic nitrogens is 2. The second-order valence-corrected chi connectivity index (χ2v) is 5.52. The van der Waals surface area contributed by atoms with Crippen LogP contribution in [0, 0.1) is 0 Å². The minimum Gasteiger partial charge on any atom is -0.304 e. The average Bonchev–Trinajstić information content (AvgIpc) is 2.76. The highest BCUT2D eigenvalue weighted by Crippen LogP contribution is 2.20. The second kappa shape index (κ2) is 5.67. The minimum absolute atomic E-state index is 0.289. The van der Waals surface area contributed by atoms with E-state index in [0.717, 1.165) is 4.47 Å². The van der Waals surface area contributed by atoms with Gasteiger partial charge in [0.15, 0.2) is 0 Å². The lowest BCUT2D eigenvalue weighted by Gasteiger charge is -2.19. The van der Waals surface area contributed by atoms with Crippen molar-refractivity contribution >= 4 is 15.9 Å². The first kappa shape index (κ1) is 13.3. The largest absolute Gasteiger partial charge is 0.304 e. The number of nitrogens with one attached hydrogen (secondary N) is 1. The lowest BCUT2D eigenvalue weighted by molar-refractivity contribution is 0.494. The smallest absolute Gasteiger partial charge is 0.0537 e. The number of aryl methyl sites for hydroxylation is 1. The average molecular weight is 308 g/mol. The molecule has 0 aliphatic heterocycles. The molecule has 0 bridgehead atoms. The summed E-state index contributed by atoms with van der Waals surface area (Å²) in [7, 11) is 1.94. The Balaban J connectivity index is 2.02. The van der Waals surface area contributed by atoms with Gasteiger partial charge in [-0.15, -0.1) is 0 Å². The van der Waals surface area contributed by atoms with Gasteiger partial charge in [0.1, 0.15) is 0 Å². The normalized spacial score (nSPS) is 14.4. The molecule has 0 spiro atoms. The van der Waals surface area contributed by atoms with Crippen molar-refractivity contribution in [3.05, 3.63) is 52.3 Å². The van der Waals surface area contributed by atoms with Crippen LogP contribution in [0.25, 0.3) is 0 Å². The van der Waals surface area contributed by atoms with Gasteiger partial charge in [-0.25, -0.2) is 0 Å². The van der Waals surface area contributed by atoms with Crippen LogP contribution >= 0.6 is 15.9 Å². The molecule has 0 aliphatic rings. The maximum absolute atomic E-state index is 4.20. The number of nitrogens with zero attached hydrogens (tertiary/aromatic N) is 2. The first-order valence-electron chi connectivity index (χ1n) is 6.06. The molecule has 0 fully saturated rings. The summed E-state index contributed by atoms with van der Waals surface area (Å²) in [5.74, 6) is 0. The van der Waals surface area contributed by atoms with Crippen LogP contribution in [0.5, 0.6) is 0 Å². The van der Waals surface area contributed by atoms with Crippen molar-refractivity contribution < 1.29 is 0 Å². The molecule has 1 heterocycles. The maximum atomic E-state index is 4.20. The summed E-state index contributed by atoms with van der Waals surface area (Å²) in [5, 5.41) is 7.78. The summed E-state index contributed by atoms with van der Waals surface area (Å²) in [6.07, 6.45) is 3.96. The van der Waals surface area contributed by atoms with Crippen LogP contribution < -0.4 is 5.32 Å². The van der Waals surface area contributed by atoms with Crippen LogP contribution in [-0.2, 0) is 7.05 Å². The van der Waals surface area contributed by atoms with Crippen molar-refractivity contribution in [1.82, 2.24) is 15.1 Å². The highest BCUT2D eigenvalue weighted by Gasteiger charge is 2.12. The number of rotatable bonds is 4. The molecule has 2 atom stereocenters. The molecule has 2 aromatic rings. The third-order valence-corrected chi connectivity index (χ3v) is 3.62. The monoisotopic (exact) mass is 307 g/mol. The maximum Gasteiger partial charge on any atom is 0.0537 e. The lowest BCUT2D eigenvalue weighted by Crippen LogP contribution is -2.22. The zero-order valence-electron chi connectivity index (χ0n) is 10.9. The van der Waals surface area contributed by atoms with Crippen LogP contribution in [0.2, 0.25) is 0 Å². The van der Waals surface area contributed by atoms with Crippen LogP contribution in [0.1, 0.15) is 37.1 Å². The Morgan fingerprint density at radius 2 is 1.72 bits per heavy atom. The zero-order chi connectivity index (χ0) is 13.1. The van der Waals surface area contributed by atoms with Gasteiger partial charge in [-0.2, -0.15) is 5.10 Å². The lowest BCUT2D eigenvalue weighted by atomic mass is 10.1. The highest BCUT2D eigenvalue weighted by molar-refractivity contribution is 9.10. The van der Waals surface area contributed by atoms with Gasteiger partial charge in [0.05, 0.1) is 6.20 Å². The topological polar surface area (TPSA) is 29.9 Å². The fraction of sp³-hybridized carbons (Fsp3) is 0.357. The quantitative estimate of drug-likeness (QED) is 0.935. The van der Waals surface area contributed by atoms with Gasteiger partial charge in [0.2, 0.25) is 0 Å². The molecular formula is C14H18BrN3. The zero-order valence-corrected chi connectivity index (χ0v) is 12.5. The summed E-state index contributed by atoms with van der Waals surface area (Å²) in [5.41, 5.74) is 2.50. The molecule has 0 saturated heterocycles. The highest BCUT2D eigenvalue weighted by atomic mass is 79.9. The van der Waals surface area contributed by atoms with Crippen LogP contribution in [0.15, 0.2) is 41.1 Å². The predicted molar refractivity (Wildman–Crippen MR) is 77.3 cm³/mol. The van der Waals surface area contributed by atoms with Crippen molar-refractivity contribution in [1.29, 1.82) is 0 Å². The minimum atomic E-state index is 0.289. The fourth-order valence-corrected chi connectivity index (χ4v) is 2.25. The van der Waals surface area contributed by atoms with E-state index < -0.39 is 0 Å². The predicted octanol–water partition coefficient (Wildman–Crippen LogP) is 3.59. The van der Waals surface area contributed by atoms with Crippen molar-refractivity contribution in [2.45, 2.75) is 25.9 Å². The Bertz CT molecular complexity index is 504. The number of hydrogen-bond donors (Lipinski definition) is 1. The summed E-state index contributed by atoms with van der Waals surface area (Å²) in [6, 6.07) is 9.02. The third-order valence-electron chi connectivity index (χ3n) is 3.09. The summed E-state index contributed by atoms with van der Waals surface area (Å²) in [4.78, 5) is 0. The van der Waals surface area contributed by atoms with Crippen molar-refractivity contribution in [2.24, 2.45) is 7.05 Å². The first-order valence-corrected chi connectivity index (χ1v) is 6.85. The van der Waals surface area contributed by atoms with E-state index in [1.807, 2.05) is 24.1 Å². The van der Waals surface area contributed by atoms with E-state index in [9.17, 15) is 0 Å². The molecule has 0 amide bonds. The summed E-state index contributed by atoms with van der Waals surface area (Å²) >= 11 is 3.45. The Hall–Kier alpha value is -1.13. The van der Waals surface area contributed by atoms with E-state index in [1.54, 1.807) is 0 Å². The molecule has 18 heavy (non-hydrogen) atoms. The molecule has 3 nitrogen and oxygen atoms in total. The molecule has 0 radical (unpaired) electrons. The van der Waals surface area contributed by atoms with E-state index in [-0.39, 0.29) is 6.04 Å². The molecule has 4 heteroatoms. The van der Waals surface area contributed by atoms with Crippen LogP contribution in [-0.4, -0.2) is 9.78 Å². The fourth-order valence-electron chi connectivity index (χ4n) is 1.98. The van der Waals surface area contributed by atoms with E-state index >= 15 is 0 Å². The Labute approximate surface area is 116 Å². The molecule has 1 unspecified atom stereocenters. The molecule has 0 aliphatic carbocycles. The Kier molecular flexibility index (Phi) is 4.19. The standard InChI is InChI=1S/C14H18BrN3/c1-10(12-4-6-14(15)7-5-12)17-11(2)13-8-16-18(3)9-13/h4-11,17H,1-3H3/t10-,11?/m1/s1. The van der Waals surface area contributed by atoms with E-state index in [2.05, 4.69) is 64.5 Å². The van der Waals surface area contributed by atoms with Crippen molar-refractivity contribution in [3.63, 3.8) is 0 Å². The molecule has 2 rings (SSSR count). The van der Waals surface area contributed by atoms with Crippen molar-refractivity contribution in [2.75, 3.05) is 0 Å². The SMILES string of the molecule is CC(N[C@H](C)c1ccc(Br)cc1)c1cnn(C)c1. The van der Waals surface area contributed by atoms with E-state index in [4.69, 9.17) is 0 Å². The number of hydrogen-bond acceptors (Lipinski definition) is 2. The molecule has 1 aromatic heterocycles. The van der Waals surface area contributed by atoms with Gasteiger partial charge < -0.3 is 5.32 Å². The number of benzene rings is 1. The van der Waals surface area contributed by atoms with Gasteiger partial charge >= 0.3 is 0 Å². The molecule has 1 aromatic carbocycles. The molecule has 1 N–H and O–H groups in total. The summed E-state index contributed by atoms with van der Waals surface area (Å²) < 4.78 is 2.94. The third kappa shape index (κ3) is 3.21. The molecule has 96 valence electrons. The van der Waals surface area contributed by atoms with Gasteiger partial charge in [0.25, 0.3) is 0 Å². The van der Waals surface area contributed by atoms with Crippen LogP contribution in [0.4, 0.5) is 0 Å². The second-order valence-electron chi connectivity index (χ2n) is 4.61.